The van der Waals surface area contributed by atoms with E-state index in [4.69, 9.17) is 11.5 Å². The van der Waals surface area contributed by atoms with Crippen LogP contribution in [0, 0.1) is 6.92 Å². The normalized spacial score (nSPS) is 11.3. The molecule has 21 heavy (non-hydrogen) atoms. The fourth-order valence-electron chi connectivity index (χ4n) is 2.08. The molecule has 0 spiro atoms. The Labute approximate surface area is 123 Å². The molecule has 0 atom stereocenters. The molecule has 0 aliphatic rings. The van der Waals surface area contributed by atoms with E-state index in [1.165, 1.54) is 12.1 Å². The molecule has 0 bridgehead atoms. The van der Waals surface area contributed by atoms with E-state index in [2.05, 4.69) is 0 Å². The van der Waals surface area contributed by atoms with Crippen molar-refractivity contribution in [1.82, 2.24) is 0 Å². The molecular weight excluding hydrogens is 288 g/mol. The number of nitrogens with two attached hydrogens (primary N) is 2. The lowest BCUT2D eigenvalue weighted by atomic mass is 10.1. The van der Waals surface area contributed by atoms with Crippen LogP contribution in [0.25, 0.3) is 0 Å². The lowest BCUT2D eigenvalue weighted by Crippen LogP contribution is -2.16. The summed E-state index contributed by atoms with van der Waals surface area (Å²) < 4.78 is 25.0. The van der Waals surface area contributed by atoms with Crippen molar-refractivity contribution in [2.24, 2.45) is 5.73 Å². The standard InChI is InChI=1S/C15H16N2O3S/c1-10-6-7-13(16)14(8-10)21(19,20)9-11-4-2-3-5-12(11)15(17)18/h2-8H,9,16H2,1H3,(H2,17,18). The SMILES string of the molecule is Cc1ccc(N)c(S(=O)(=O)Cc2ccccc2C(N)=O)c1. The van der Waals surface area contributed by atoms with Crippen molar-refractivity contribution in [3.8, 4) is 0 Å². The Morgan fingerprint density at radius 1 is 1.14 bits per heavy atom. The van der Waals surface area contributed by atoms with E-state index >= 15 is 0 Å². The van der Waals surface area contributed by atoms with Crippen LogP contribution in [-0.4, -0.2) is 14.3 Å². The van der Waals surface area contributed by atoms with Crippen LogP contribution in [0.3, 0.4) is 0 Å². The zero-order valence-electron chi connectivity index (χ0n) is 11.5. The third-order valence-electron chi connectivity index (χ3n) is 3.13. The van der Waals surface area contributed by atoms with Gasteiger partial charge in [0.25, 0.3) is 0 Å². The molecule has 5 nitrogen and oxygen atoms in total. The highest BCUT2D eigenvalue weighted by Crippen LogP contribution is 2.24. The van der Waals surface area contributed by atoms with Crippen LogP contribution in [0.2, 0.25) is 0 Å². The predicted octanol–water partition coefficient (Wildman–Crippen LogP) is 1.65. The highest BCUT2D eigenvalue weighted by Gasteiger charge is 2.21. The summed E-state index contributed by atoms with van der Waals surface area (Å²) in [6.07, 6.45) is 0. The fraction of sp³-hybridized carbons (Fsp3) is 0.133. The van der Waals surface area contributed by atoms with Gasteiger partial charge in [-0.1, -0.05) is 24.3 Å². The number of hydrogen-bond acceptors (Lipinski definition) is 4. The Morgan fingerprint density at radius 2 is 1.81 bits per heavy atom. The average Bonchev–Trinajstić information content (AvgIpc) is 2.41. The van der Waals surface area contributed by atoms with Crippen molar-refractivity contribution in [2.45, 2.75) is 17.6 Å². The first-order chi connectivity index (χ1) is 9.81. The zero-order valence-corrected chi connectivity index (χ0v) is 12.4. The number of carbonyl (C=O) groups excluding carboxylic acids is 1. The number of carbonyl (C=O) groups is 1. The molecule has 0 heterocycles. The zero-order chi connectivity index (χ0) is 15.6. The topological polar surface area (TPSA) is 103 Å². The molecule has 0 radical (unpaired) electrons. The summed E-state index contributed by atoms with van der Waals surface area (Å²) in [4.78, 5) is 11.4. The van der Waals surface area contributed by atoms with Gasteiger partial charge in [-0.05, 0) is 36.2 Å². The fourth-order valence-corrected chi connectivity index (χ4v) is 3.69. The number of rotatable bonds is 4. The van der Waals surface area contributed by atoms with Crippen molar-refractivity contribution in [1.29, 1.82) is 0 Å². The van der Waals surface area contributed by atoms with Gasteiger partial charge in [-0.15, -0.1) is 0 Å². The molecule has 0 aliphatic heterocycles. The highest BCUT2D eigenvalue weighted by molar-refractivity contribution is 7.90. The van der Waals surface area contributed by atoms with Crippen molar-refractivity contribution < 1.29 is 13.2 Å². The largest absolute Gasteiger partial charge is 0.398 e. The van der Waals surface area contributed by atoms with E-state index in [1.54, 1.807) is 37.3 Å². The van der Waals surface area contributed by atoms with Crippen LogP contribution in [-0.2, 0) is 15.6 Å². The Kier molecular flexibility index (Phi) is 3.99. The van der Waals surface area contributed by atoms with Crippen molar-refractivity contribution in [3.63, 3.8) is 0 Å². The molecule has 0 saturated heterocycles. The van der Waals surface area contributed by atoms with Crippen LogP contribution in [0.1, 0.15) is 21.5 Å². The van der Waals surface area contributed by atoms with Crippen molar-refractivity contribution in [2.75, 3.05) is 5.73 Å². The maximum Gasteiger partial charge on any atom is 0.249 e. The first-order valence-electron chi connectivity index (χ1n) is 6.28. The summed E-state index contributed by atoms with van der Waals surface area (Å²) in [6, 6.07) is 11.2. The summed E-state index contributed by atoms with van der Waals surface area (Å²) in [7, 11) is -3.66. The first kappa shape index (κ1) is 15.1. The number of nitrogen functional groups attached to an aromatic ring is 1. The van der Waals surface area contributed by atoms with Gasteiger partial charge in [0, 0.05) is 5.56 Å². The molecule has 4 N–H and O–H groups in total. The number of benzene rings is 2. The van der Waals surface area contributed by atoms with E-state index in [0.717, 1.165) is 5.56 Å². The van der Waals surface area contributed by atoms with Crippen molar-refractivity contribution >= 4 is 21.4 Å². The van der Waals surface area contributed by atoms with Crippen LogP contribution < -0.4 is 11.5 Å². The second kappa shape index (κ2) is 5.57. The Morgan fingerprint density at radius 3 is 2.48 bits per heavy atom. The lowest BCUT2D eigenvalue weighted by Gasteiger charge is -2.10. The molecule has 6 heteroatoms. The summed E-state index contributed by atoms with van der Waals surface area (Å²) in [5.74, 6) is -0.974. The summed E-state index contributed by atoms with van der Waals surface area (Å²) >= 11 is 0. The Balaban J connectivity index is 2.48. The van der Waals surface area contributed by atoms with Gasteiger partial charge in [0.2, 0.25) is 5.91 Å². The minimum absolute atomic E-state index is 0.0711. The molecule has 0 aliphatic carbocycles. The molecule has 1 amide bonds. The minimum Gasteiger partial charge on any atom is -0.398 e. The smallest absolute Gasteiger partial charge is 0.249 e. The first-order valence-corrected chi connectivity index (χ1v) is 7.93. The molecular formula is C15H16N2O3S. The predicted molar refractivity (Wildman–Crippen MR) is 81.4 cm³/mol. The number of primary amides is 1. The number of aryl methyl sites for hydroxylation is 1. The van der Waals surface area contributed by atoms with Gasteiger partial charge in [0.15, 0.2) is 9.84 Å². The summed E-state index contributed by atoms with van der Waals surface area (Å²) in [5.41, 5.74) is 12.6. The van der Waals surface area contributed by atoms with Gasteiger partial charge in [-0.3, -0.25) is 4.79 Å². The van der Waals surface area contributed by atoms with Gasteiger partial charge >= 0.3 is 0 Å². The number of amides is 1. The van der Waals surface area contributed by atoms with Gasteiger partial charge in [0.1, 0.15) is 0 Å². The second-order valence-electron chi connectivity index (χ2n) is 4.82. The van der Waals surface area contributed by atoms with Crippen LogP contribution in [0.15, 0.2) is 47.4 Å². The minimum atomic E-state index is -3.66. The highest BCUT2D eigenvalue weighted by atomic mass is 32.2. The molecule has 0 unspecified atom stereocenters. The number of anilines is 1. The van der Waals surface area contributed by atoms with Crippen LogP contribution >= 0.6 is 0 Å². The number of hydrogen-bond donors (Lipinski definition) is 2. The third kappa shape index (κ3) is 3.22. The summed E-state index contributed by atoms with van der Waals surface area (Å²) in [5, 5.41) is 0. The second-order valence-corrected chi connectivity index (χ2v) is 6.78. The molecule has 2 aromatic rings. The average molecular weight is 304 g/mol. The molecule has 0 aromatic heterocycles. The van der Waals surface area contributed by atoms with E-state index in [1.807, 2.05) is 0 Å². The molecule has 2 rings (SSSR count). The Hall–Kier alpha value is -2.34. The monoisotopic (exact) mass is 304 g/mol. The van der Waals surface area contributed by atoms with Gasteiger partial charge in [-0.2, -0.15) is 0 Å². The lowest BCUT2D eigenvalue weighted by molar-refractivity contribution is 0.0999. The van der Waals surface area contributed by atoms with Crippen LogP contribution in [0.4, 0.5) is 5.69 Å². The molecule has 2 aromatic carbocycles. The summed E-state index contributed by atoms with van der Waals surface area (Å²) in [6.45, 7) is 1.79. The van der Waals surface area contributed by atoms with Crippen LogP contribution in [0.5, 0.6) is 0 Å². The van der Waals surface area contributed by atoms with Crippen molar-refractivity contribution in [3.05, 3.63) is 59.2 Å². The molecule has 110 valence electrons. The van der Waals surface area contributed by atoms with E-state index in [-0.39, 0.29) is 21.9 Å². The quantitative estimate of drug-likeness (QED) is 0.838. The van der Waals surface area contributed by atoms with E-state index in [0.29, 0.717) is 5.56 Å². The van der Waals surface area contributed by atoms with E-state index in [9.17, 15) is 13.2 Å². The van der Waals surface area contributed by atoms with Gasteiger partial charge in [0.05, 0.1) is 16.3 Å². The Bertz CT molecular complexity index is 798. The number of sulfone groups is 1. The van der Waals surface area contributed by atoms with Gasteiger partial charge in [-0.25, -0.2) is 8.42 Å². The van der Waals surface area contributed by atoms with Gasteiger partial charge < -0.3 is 11.5 Å². The maximum atomic E-state index is 12.5. The van der Waals surface area contributed by atoms with E-state index < -0.39 is 15.7 Å². The molecule has 0 saturated carbocycles. The third-order valence-corrected chi connectivity index (χ3v) is 4.85. The maximum absolute atomic E-state index is 12.5. The molecule has 0 fully saturated rings.